The van der Waals surface area contributed by atoms with E-state index in [1.807, 2.05) is 0 Å². The quantitative estimate of drug-likeness (QED) is 0.0259. The lowest BCUT2D eigenvalue weighted by atomic mass is 10.1. The van der Waals surface area contributed by atoms with Crippen LogP contribution >= 0.6 is 0 Å². The topological polar surface area (TPSA) is 196 Å². The maximum absolute atomic E-state index is 13.7. The van der Waals surface area contributed by atoms with Crippen molar-refractivity contribution in [3.05, 3.63) is 30.9 Å². The molecule has 0 bridgehead atoms. The first-order valence-electron chi connectivity index (χ1n) is 27.9. The average Bonchev–Trinajstić information content (AvgIpc) is 3.84. The monoisotopic (exact) mass is 1020 g/mol. The van der Waals surface area contributed by atoms with Crippen LogP contribution in [0.1, 0.15) is 220 Å². The van der Waals surface area contributed by atoms with Crippen molar-refractivity contribution < 1.29 is 62.0 Å². The number of aromatic nitrogens is 2. The number of hydrogen-bond donors (Lipinski definition) is 0. The summed E-state index contributed by atoms with van der Waals surface area (Å²) >= 11 is 0. The summed E-state index contributed by atoms with van der Waals surface area (Å²) < 4.78 is 35.4. The largest absolute Gasteiger partial charge is 0.465 e. The van der Waals surface area contributed by atoms with E-state index in [1.54, 1.807) is 12.2 Å². The van der Waals surface area contributed by atoms with E-state index in [-0.39, 0.29) is 102 Å². The summed E-state index contributed by atoms with van der Waals surface area (Å²) in [6.07, 6.45) is 30.3. The van der Waals surface area contributed by atoms with E-state index in [4.69, 9.17) is 28.4 Å². The van der Waals surface area contributed by atoms with Crippen LogP contribution in [-0.4, -0.2) is 108 Å². The number of imidazole rings is 1. The summed E-state index contributed by atoms with van der Waals surface area (Å²) in [6.45, 7) is 7.84. The predicted molar refractivity (Wildman–Crippen MR) is 276 cm³/mol. The van der Waals surface area contributed by atoms with E-state index in [9.17, 15) is 33.6 Å². The van der Waals surface area contributed by atoms with Crippen LogP contribution in [0, 0.1) is 11.8 Å². The van der Waals surface area contributed by atoms with Gasteiger partial charge in [0.15, 0.2) is 0 Å². The van der Waals surface area contributed by atoms with Crippen LogP contribution in [0.15, 0.2) is 30.9 Å². The maximum atomic E-state index is 13.7. The molecule has 16 heteroatoms. The molecule has 0 radical (unpaired) electrons. The zero-order chi connectivity index (χ0) is 52.4. The zero-order valence-electron chi connectivity index (χ0n) is 44.8. The molecular weight excluding hydrogens is 923 g/mol. The highest BCUT2D eigenvalue weighted by molar-refractivity contribution is 5.77. The molecule has 1 aliphatic rings. The molecule has 2 heterocycles. The Morgan fingerprint density at radius 1 is 0.444 bits per heavy atom. The molecule has 0 N–H and O–H groups in total. The second-order valence-corrected chi connectivity index (χ2v) is 19.5. The number of rotatable bonds is 42. The summed E-state index contributed by atoms with van der Waals surface area (Å²) in [6, 6.07) is -0.502. The molecule has 1 aromatic rings. The Hall–Kier alpha value is -4.76. The fourth-order valence-corrected chi connectivity index (χ4v) is 8.29. The molecule has 0 aliphatic carbocycles. The molecule has 1 amide bonds. The standard InChI is InChI=1S/C56H93N3O13/c1-5-9-13-17-21-25-29-50(60)67-41-46(42-68-51(61)30-26-22-18-14-10-6-2)37-54(64)71-48-33-34-49(40-59(39-48)56(66)58-36-35-57-45-58)72-55(65)38-47(43-69-52(62)31-27-23-19-15-11-7-3)44-70-53(63)32-28-24-20-16-12-8-4/h33-36,45-49H,5-32,37-44H2,1-4H3/t48-,49-/m0/s1. The minimum absolute atomic E-state index is 0.0931. The van der Waals surface area contributed by atoms with Crippen LogP contribution in [0.5, 0.6) is 0 Å². The third-order valence-electron chi connectivity index (χ3n) is 12.7. The third-order valence-corrected chi connectivity index (χ3v) is 12.7. The van der Waals surface area contributed by atoms with Gasteiger partial charge in [0.05, 0.1) is 52.4 Å². The number of carbonyl (C=O) groups excluding carboxylic acids is 7. The van der Waals surface area contributed by atoms with Crippen molar-refractivity contribution in [1.29, 1.82) is 0 Å². The van der Waals surface area contributed by atoms with Crippen molar-refractivity contribution >= 4 is 41.8 Å². The number of unbranched alkanes of at least 4 members (excludes halogenated alkanes) is 20. The van der Waals surface area contributed by atoms with E-state index in [0.29, 0.717) is 25.7 Å². The van der Waals surface area contributed by atoms with Gasteiger partial charge >= 0.3 is 41.8 Å². The highest BCUT2D eigenvalue weighted by atomic mass is 16.6. The molecule has 0 saturated heterocycles. The lowest BCUT2D eigenvalue weighted by Crippen LogP contribution is -2.43. The Morgan fingerprint density at radius 2 is 0.750 bits per heavy atom. The van der Waals surface area contributed by atoms with Crippen molar-refractivity contribution in [1.82, 2.24) is 14.5 Å². The minimum Gasteiger partial charge on any atom is -0.465 e. The molecule has 0 spiro atoms. The lowest BCUT2D eigenvalue weighted by molar-refractivity contribution is -0.156. The molecule has 2 rings (SSSR count). The maximum Gasteiger partial charge on any atom is 0.329 e. The molecule has 0 fully saturated rings. The Bertz CT molecular complexity index is 1510. The molecule has 1 aromatic heterocycles. The second-order valence-electron chi connectivity index (χ2n) is 19.5. The van der Waals surface area contributed by atoms with Gasteiger partial charge in [-0.25, -0.2) is 9.78 Å². The number of nitrogens with zero attached hydrogens (tertiary/aromatic N) is 3. The van der Waals surface area contributed by atoms with Gasteiger partial charge in [0.25, 0.3) is 0 Å². The van der Waals surface area contributed by atoms with Crippen molar-refractivity contribution in [3.8, 4) is 0 Å². The lowest BCUT2D eigenvalue weighted by Gasteiger charge is -2.26. The highest BCUT2D eigenvalue weighted by Crippen LogP contribution is 2.19. The fourth-order valence-electron chi connectivity index (χ4n) is 8.29. The SMILES string of the molecule is CCCCCCCCC(=O)OCC(COC(=O)CCCCCCCC)CC(=O)O[C@H]1C=C[C@H](OC(=O)CC(COC(=O)CCCCCCCC)COC(=O)CCCCCCCC)CN(C(=O)n2ccnc2)C1. The van der Waals surface area contributed by atoms with Crippen LogP contribution in [0.25, 0.3) is 0 Å². The van der Waals surface area contributed by atoms with Crippen LogP contribution in [0.3, 0.4) is 0 Å². The summed E-state index contributed by atoms with van der Waals surface area (Å²) in [5, 5.41) is 0. The van der Waals surface area contributed by atoms with Gasteiger partial charge in [-0.05, 0) is 37.8 Å². The van der Waals surface area contributed by atoms with E-state index in [1.165, 1.54) is 28.2 Å². The van der Waals surface area contributed by atoms with Crippen LogP contribution in [0.4, 0.5) is 4.79 Å². The highest BCUT2D eigenvalue weighted by Gasteiger charge is 2.30. The first-order valence-corrected chi connectivity index (χ1v) is 27.9. The summed E-state index contributed by atoms with van der Waals surface area (Å²) in [5.74, 6) is -4.23. The van der Waals surface area contributed by atoms with Gasteiger partial charge in [-0.3, -0.25) is 33.3 Å². The first kappa shape index (κ1) is 63.4. The summed E-state index contributed by atoms with van der Waals surface area (Å²) in [4.78, 5) is 97.2. The van der Waals surface area contributed by atoms with E-state index < -0.39 is 42.0 Å². The Labute approximate surface area is 431 Å². The zero-order valence-corrected chi connectivity index (χ0v) is 44.8. The van der Waals surface area contributed by atoms with E-state index >= 15 is 0 Å². The summed E-state index contributed by atoms with van der Waals surface area (Å²) in [5.41, 5.74) is 0. The molecule has 0 saturated carbocycles. The average molecular weight is 1020 g/mol. The minimum atomic E-state index is -0.968. The second kappa shape index (κ2) is 41.7. The van der Waals surface area contributed by atoms with Gasteiger partial charge in [0.2, 0.25) is 0 Å². The number of esters is 6. The predicted octanol–water partition coefficient (Wildman–Crippen LogP) is 11.7. The van der Waals surface area contributed by atoms with Crippen molar-refractivity contribution in [2.24, 2.45) is 11.8 Å². The molecule has 72 heavy (non-hydrogen) atoms. The fraction of sp³-hybridized carbons (Fsp3) is 0.786. The number of hydrogen-bond acceptors (Lipinski definition) is 14. The molecule has 0 unspecified atom stereocenters. The van der Waals surface area contributed by atoms with Crippen molar-refractivity contribution in [3.63, 3.8) is 0 Å². The Balaban J connectivity index is 2.15. The van der Waals surface area contributed by atoms with Crippen molar-refractivity contribution in [2.45, 2.75) is 233 Å². The number of carbonyl (C=O) groups is 7. The smallest absolute Gasteiger partial charge is 0.329 e. The van der Waals surface area contributed by atoms with Gasteiger partial charge in [-0.15, -0.1) is 0 Å². The van der Waals surface area contributed by atoms with Crippen LogP contribution in [0.2, 0.25) is 0 Å². The van der Waals surface area contributed by atoms with E-state index in [0.717, 1.165) is 128 Å². The third kappa shape index (κ3) is 32.3. The Kier molecular flexibility index (Phi) is 36.7. The van der Waals surface area contributed by atoms with Crippen LogP contribution < -0.4 is 0 Å². The van der Waals surface area contributed by atoms with Gasteiger partial charge in [0.1, 0.15) is 18.5 Å². The number of amides is 1. The van der Waals surface area contributed by atoms with Crippen LogP contribution in [-0.2, 0) is 57.2 Å². The normalized spacial score (nSPS) is 14.5. The molecule has 0 aromatic carbocycles. The molecule has 2 atom stereocenters. The number of ether oxygens (including phenoxy) is 6. The molecule has 1 aliphatic heterocycles. The van der Waals surface area contributed by atoms with Gasteiger partial charge in [-0.1, -0.05) is 156 Å². The first-order chi connectivity index (χ1) is 35.0. The summed E-state index contributed by atoms with van der Waals surface area (Å²) in [7, 11) is 0. The van der Waals surface area contributed by atoms with Gasteiger partial charge in [0, 0.05) is 49.9 Å². The van der Waals surface area contributed by atoms with Gasteiger partial charge < -0.3 is 33.3 Å². The Morgan fingerprint density at radius 3 is 1.04 bits per heavy atom. The van der Waals surface area contributed by atoms with Crippen molar-refractivity contribution in [2.75, 3.05) is 39.5 Å². The molecular formula is C56H93N3O13. The van der Waals surface area contributed by atoms with Gasteiger partial charge in [-0.2, -0.15) is 0 Å². The molecule has 16 nitrogen and oxygen atoms in total. The molecule has 410 valence electrons. The van der Waals surface area contributed by atoms with E-state index in [2.05, 4.69) is 32.7 Å².